The van der Waals surface area contributed by atoms with Gasteiger partial charge in [0, 0.05) is 16.5 Å². The SMILES string of the molecule is C[C@H]1C[C@H]2OC(=O)C=C[C@]2(C)[C@H]2CC[C@]3(C)C[C@@H](Oc4ccc(Cl)cc4)C[C@H]3[C@H]12. The molecule has 1 aromatic carbocycles. The molecule has 5 rings (SSSR count). The zero-order valence-electron chi connectivity index (χ0n) is 17.6. The number of ether oxygens (including phenoxy) is 2. The quantitative estimate of drug-likeness (QED) is 0.552. The van der Waals surface area contributed by atoms with E-state index in [1.54, 1.807) is 6.08 Å². The predicted molar refractivity (Wildman–Crippen MR) is 114 cm³/mol. The van der Waals surface area contributed by atoms with E-state index in [0.717, 1.165) is 30.0 Å². The molecule has 4 aliphatic rings. The molecule has 29 heavy (non-hydrogen) atoms. The molecule has 3 saturated carbocycles. The van der Waals surface area contributed by atoms with E-state index >= 15 is 0 Å². The van der Waals surface area contributed by atoms with Crippen LogP contribution in [-0.2, 0) is 9.53 Å². The van der Waals surface area contributed by atoms with Crippen molar-refractivity contribution in [1.29, 1.82) is 0 Å². The van der Waals surface area contributed by atoms with Crippen LogP contribution in [-0.4, -0.2) is 18.2 Å². The van der Waals surface area contributed by atoms with E-state index in [2.05, 4.69) is 26.8 Å². The Morgan fingerprint density at radius 1 is 1.14 bits per heavy atom. The summed E-state index contributed by atoms with van der Waals surface area (Å²) in [5, 5.41) is 0.743. The van der Waals surface area contributed by atoms with E-state index in [0.29, 0.717) is 29.1 Å². The van der Waals surface area contributed by atoms with Crippen LogP contribution in [0.5, 0.6) is 5.75 Å². The Hall–Kier alpha value is -1.48. The van der Waals surface area contributed by atoms with Gasteiger partial charge >= 0.3 is 5.97 Å². The molecule has 3 fully saturated rings. The van der Waals surface area contributed by atoms with Gasteiger partial charge in [0.15, 0.2) is 0 Å². The van der Waals surface area contributed by atoms with Gasteiger partial charge in [0.25, 0.3) is 0 Å². The number of carbonyl (C=O) groups is 1. The molecule has 3 aliphatic carbocycles. The maximum Gasteiger partial charge on any atom is 0.330 e. The van der Waals surface area contributed by atoms with Crippen LogP contribution < -0.4 is 4.74 Å². The van der Waals surface area contributed by atoms with Crippen molar-refractivity contribution in [3.05, 3.63) is 41.4 Å². The average Bonchev–Trinajstić information content (AvgIpc) is 3.01. The fraction of sp³-hybridized carbons (Fsp3) is 0.640. The lowest BCUT2D eigenvalue weighted by Crippen LogP contribution is -2.57. The van der Waals surface area contributed by atoms with Crippen molar-refractivity contribution < 1.29 is 14.3 Å². The van der Waals surface area contributed by atoms with Gasteiger partial charge in [-0.15, -0.1) is 0 Å². The number of rotatable bonds is 2. The summed E-state index contributed by atoms with van der Waals surface area (Å²) < 4.78 is 12.2. The fourth-order valence-corrected chi connectivity index (χ4v) is 7.45. The van der Waals surface area contributed by atoms with Gasteiger partial charge in [0.2, 0.25) is 0 Å². The lowest BCUT2D eigenvalue weighted by molar-refractivity contribution is -0.173. The molecule has 8 atom stereocenters. The second kappa shape index (κ2) is 6.77. The number of halogens is 1. The van der Waals surface area contributed by atoms with Gasteiger partial charge < -0.3 is 9.47 Å². The van der Waals surface area contributed by atoms with Gasteiger partial charge in [0.05, 0.1) is 6.10 Å². The van der Waals surface area contributed by atoms with Crippen molar-refractivity contribution in [2.45, 2.75) is 65.1 Å². The molecule has 156 valence electrons. The molecule has 1 aromatic rings. The molecule has 0 unspecified atom stereocenters. The molecule has 0 saturated heterocycles. The van der Waals surface area contributed by atoms with Gasteiger partial charge in [-0.05, 0) is 85.5 Å². The monoisotopic (exact) mass is 414 g/mol. The van der Waals surface area contributed by atoms with Crippen molar-refractivity contribution in [2.24, 2.45) is 34.5 Å². The lowest BCUT2D eigenvalue weighted by Gasteiger charge is -2.59. The first kappa shape index (κ1) is 19.5. The first-order valence-corrected chi connectivity index (χ1v) is 11.5. The molecule has 0 bridgehead atoms. The predicted octanol–water partition coefficient (Wildman–Crippen LogP) is 6.06. The van der Waals surface area contributed by atoms with Gasteiger partial charge in [-0.2, -0.15) is 0 Å². The van der Waals surface area contributed by atoms with E-state index in [1.165, 1.54) is 12.8 Å². The number of fused-ring (bicyclic) bond motifs is 5. The van der Waals surface area contributed by atoms with Gasteiger partial charge in [-0.1, -0.05) is 38.4 Å². The Labute approximate surface area is 178 Å². The van der Waals surface area contributed by atoms with Crippen LogP contribution in [0.2, 0.25) is 5.02 Å². The molecule has 1 aliphatic heterocycles. The van der Waals surface area contributed by atoms with Crippen LogP contribution in [0.15, 0.2) is 36.4 Å². The number of benzene rings is 1. The minimum absolute atomic E-state index is 0.0263. The van der Waals surface area contributed by atoms with Gasteiger partial charge in [0.1, 0.15) is 11.9 Å². The lowest BCUT2D eigenvalue weighted by atomic mass is 9.47. The van der Waals surface area contributed by atoms with Crippen molar-refractivity contribution >= 4 is 17.6 Å². The molecular formula is C25H31ClO3. The highest BCUT2D eigenvalue weighted by Gasteiger charge is 2.61. The van der Waals surface area contributed by atoms with Crippen LogP contribution in [0, 0.1) is 34.5 Å². The van der Waals surface area contributed by atoms with E-state index in [4.69, 9.17) is 21.1 Å². The summed E-state index contributed by atoms with van der Waals surface area (Å²) >= 11 is 6.03. The van der Waals surface area contributed by atoms with Gasteiger partial charge in [-0.25, -0.2) is 4.79 Å². The Morgan fingerprint density at radius 2 is 1.90 bits per heavy atom. The molecule has 0 radical (unpaired) electrons. The van der Waals surface area contributed by atoms with E-state index in [9.17, 15) is 4.79 Å². The molecule has 0 spiro atoms. The van der Waals surface area contributed by atoms with Crippen molar-refractivity contribution in [3.8, 4) is 5.75 Å². The largest absolute Gasteiger partial charge is 0.490 e. The molecule has 0 aromatic heterocycles. The average molecular weight is 415 g/mol. The second-order valence-electron chi connectivity index (χ2n) is 10.5. The summed E-state index contributed by atoms with van der Waals surface area (Å²) in [5.74, 6) is 3.22. The van der Waals surface area contributed by atoms with E-state index < -0.39 is 0 Å². The highest BCUT2D eigenvalue weighted by atomic mass is 35.5. The normalized spacial score (nSPS) is 45.7. The highest BCUT2D eigenvalue weighted by molar-refractivity contribution is 6.30. The van der Waals surface area contributed by atoms with Crippen LogP contribution in [0.3, 0.4) is 0 Å². The van der Waals surface area contributed by atoms with Crippen LogP contribution >= 0.6 is 11.6 Å². The first-order chi connectivity index (χ1) is 13.8. The third-order valence-corrected chi connectivity index (χ3v) is 9.00. The van der Waals surface area contributed by atoms with E-state index in [1.807, 2.05) is 24.3 Å². The fourth-order valence-electron chi connectivity index (χ4n) is 7.32. The minimum atomic E-state index is -0.170. The number of hydrogen-bond donors (Lipinski definition) is 0. The zero-order chi connectivity index (χ0) is 20.4. The third-order valence-electron chi connectivity index (χ3n) is 8.75. The van der Waals surface area contributed by atoms with Gasteiger partial charge in [-0.3, -0.25) is 0 Å². The smallest absolute Gasteiger partial charge is 0.330 e. The van der Waals surface area contributed by atoms with Crippen LogP contribution in [0.1, 0.15) is 52.9 Å². The Kier molecular flexibility index (Phi) is 4.55. The summed E-state index contributed by atoms with van der Waals surface area (Å²) in [6.07, 6.45) is 9.80. The summed E-state index contributed by atoms with van der Waals surface area (Å²) in [6, 6.07) is 7.76. The highest BCUT2D eigenvalue weighted by Crippen LogP contribution is 2.65. The summed E-state index contributed by atoms with van der Waals surface area (Å²) in [4.78, 5) is 11.9. The van der Waals surface area contributed by atoms with Crippen molar-refractivity contribution in [3.63, 3.8) is 0 Å². The first-order valence-electron chi connectivity index (χ1n) is 11.1. The number of esters is 1. The summed E-state index contributed by atoms with van der Waals surface area (Å²) in [6.45, 7) is 7.18. The maximum atomic E-state index is 11.9. The molecule has 0 N–H and O–H groups in total. The number of hydrogen-bond acceptors (Lipinski definition) is 3. The summed E-state index contributed by atoms with van der Waals surface area (Å²) in [5.41, 5.74) is 0.312. The number of carbonyl (C=O) groups excluding carboxylic acids is 1. The van der Waals surface area contributed by atoms with Crippen molar-refractivity contribution in [1.82, 2.24) is 0 Å². The van der Waals surface area contributed by atoms with Crippen molar-refractivity contribution in [2.75, 3.05) is 0 Å². The Bertz CT molecular complexity index is 833. The minimum Gasteiger partial charge on any atom is -0.490 e. The maximum absolute atomic E-state index is 11.9. The molecule has 1 heterocycles. The van der Waals surface area contributed by atoms with E-state index in [-0.39, 0.29) is 23.6 Å². The molecule has 0 amide bonds. The van der Waals surface area contributed by atoms with Crippen LogP contribution in [0.4, 0.5) is 0 Å². The third kappa shape index (κ3) is 3.12. The summed E-state index contributed by atoms with van der Waals surface area (Å²) in [7, 11) is 0. The molecule has 4 heteroatoms. The Morgan fingerprint density at radius 3 is 2.66 bits per heavy atom. The zero-order valence-corrected chi connectivity index (χ0v) is 18.3. The molecule has 3 nitrogen and oxygen atoms in total. The molecular weight excluding hydrogens is 384 g/mol. The standard InChI is InChI=1S/C25H31ClO3/c1-15-12-21-25(3,11-9-22(27)29-21)19-8-10-24(2)14-18(13-20(24)23(15)19)28-17-6-4-16(26)5-7-17/h4-7,9,11,15,18-21,23H,8,10,12-14H2,1-3H3/t15-,18-,19-,20-,21+,23+,24+,25+/m0/s1. The topological polar surface area (TPSA) is 35.5 Å². The second-order valence-corrected chi connectivity index (χ2v) is 10.9. The van der Waals surface area contributed by atoms with Crippen LogP contribution in [0.25, 0.3) is 0 Å². The Balaban J connectivity index is 1.40.